The van der Waals surface area contributed by atoms with Gasteiger partial charge in [-0.15, -0.1) is 0 Å². The van der Waals surface area contributed by atoms with E-state index in [9.17, 15) is 4.79 Å². The fourth-order valence-corrected chi connectivity index (χ4v) is 3.73. The Labute approximate surface area is 153 Å². The number of aromatic nitrogens is 1. The zero-order chi connectivity index (χ0) is 17.8. The van der Waals surface area contributed by atoms with E-state index in [0.29, 0.717) is 24.7 Å². The molecule has 1 aromatic heterocycles. The highest BCUT2D eigenvalue weighted by molar-refractivity contribution is 5.94. The molecule has 136 valence electrons. The van der Waals surface area contributed by atoms with E-state index in [2.05, 4.69) is 28.5 Å². The number of ether oxygens (including phenoxy) is 2. The molecule has 1 aliphatic carbocycles. The van der Waals surface area contributed by atoms with Gasteiger partial charge in [0.1, 0.15) is 6.10 Å². The van der Waals surface area contributed by atoms with Crippen LogP contribution >= 0.6 is 0 Å². The average Bonchev–Trinajstić information content (AvgIpc) is 2.69. The molecule has 1 atom stereocenters. The summed E-state index contributed by atoms with van der Waals surface area (Å²) < 4.78 is 11.3. The molecule has 5 heteroatoms. The predicted molar refractivity (Wildman–Crippen MR) is 98.3 cm³/mol. The maximum Gasteiger partial charge on any atom is 0.252 e. The first kappa shape index (κ1) is 17.0. The fourth-order valence-electron chi connectivity index (χ4n) is 3.73. The summed E-state index contributed by atoms with van der Waals surface area (Å²) in [6.07, 6.45) is 6.61. The number of pyridine rings is 1. The second kappa shape index (κ2) is 7.87. The number of carbonyl (C=O) groups is 1. The van der Waals surface area contributed by atoms with Gasteiger partial charge in [-0.3, -0.25) is 4.79 Å². The van der Waals surface area contributed by atoms with Crippen molar-refractivity contribution in [1.82, 2.24) is 10.3 Å². The monoisotopic (exact) mass is 352 g/mol. The zero-order valence-corrected chi connectivity index (χ0v) is 14.8. The van der Waals surface area contributed by atoms with E-state index >= 15 is 0 Å². The Morgan fingerprint density at radius 3 is 2.88 bits per heavy atom. The van der Waals surface area contributed by atoms with Crippen LogP contribution in [0.15, 0.2) is 42.6 Å². The van der Waals surface area contributed by atoms with E-state index in [4.69, 9.17) is 9.47 Å². The number of fused-ring (bicyclic) bond motifs is 1. The molecule has 0 bridgehead atoms. The highest BCUT2D eigenvalue weighted by Crippen LogP contribution is 2.29. The molecule has 1 saturated heterocycles. The Bertz CT molecular complexity index is 771. The standard InChI is InChI=1S/C21H24N2O3/c24-21(23-19-7-3-5-15-4-1-2-6-18(15)19)16-8-11-22-20(14-16)26-17-9-12-25-13-10-17/h1-2,4,6,8,11,14,17,19H,3,5,7,9-10,12-13H2,(H,23,24)/t19-/m1/s1. The van der Waals surface area contributed by atoms with Crippen molar-refractivity contribution in [3.05, 3.63) is 59.3 Å². The minimum Gasteiger partial charge on any atom is -0.474 e. The minimum atomic E-state index is -0.0778. The molecule has 1 amide bonds. The van der Waals surface area contributed by atoms with Crippen LogP contribution in [0.4, 0.5) is 0 Å². The van der Waals surface area contributed by atoms with Crippen LogP contribution in [0.25, 0.3) is 0 Å². The van der Waals surface area contributed by atoms with E-state index in [1.807, 2.05) is 6.07 Å². The van der Waals surface area contributed by atoms with Crippen LogP contribution in [0.1, 0.15) is 53.2 Å². The third kappa shape index (κ3) is 3.88. The lowest BCUT2D eigenvalue weighted by molar-refractivity contribution is 0.0237. The van der Waals surface area contributed by atoms with Gasteiger partial charge < -0.3 is 14.8 Å². The molecule has 4 rings (SSSR count). The Hall–Kier alpha value is -2.40. The van der Waals surface area contributed by atoms with Gasteiger partial charge in [-0.2, -0.15) is 0 Å². The van der Waals surface area contributed by atoms with Gasteiger partial charge in [0.25, 0.3) is 5.91 Å². The van der Waals surface area contributed by atoms with E-state index in [1.54, 1.807) is 18.3 Å². The van der Waals surface area contributed by atoms with Crippen molar-refractivity contribution in [2.45, 2.75) is 44.2 Å². The van der Waals surface area contributed by atoms with Gasteiger partial charge in [0.2, 0.25) is 5.88 Å². The quantitative estimate of drug-likeness (QED) is 0.916. The summed E-state index contributed by atoms with van der Waals surface area (Å²) in [4.78, 5) is 17.0. The summed E-state index contributed by atoms with van der Waals surface area (Å²) >= 11 is 0. The first-order valence-electron chi connectivity index (χ1n) is 9.39. The molecule has 1 aromatic carbocycles. The van der Waals surface area contributed by atoms with Crippen molar-refractivity contribution in [2.75, 3.05) is 13.2 Å². The lowest BCUT2D eigenvalue weighted by atomic mass is 9.87. The SMILES string of the molecule is O=C(N[C@@H]1CCCc2ccccc21)c1ccnc(OC2CCOCC2)c1. The van der Waals surface area contributed by atoms with E-state index in [1.165, 1.54) is 11.1 Å². The number of aryl methyl sites for hydroxylation is 1. The molecule has 2 aromatic rings. The fraction of sp³-hybridized carbons (Fsp3) is 0.429. The van der Waals surface area contributed by atoms with Crippen LogP contribution in [-0.2, 0) is 11.2 Å². The highest BCUT2D eigenvalue weighted by Gasteiger charge is 2.22. The summed E-state index contributed by atoms with van der Waals surface area (Å²) in [6.45, 7) is 1.43. The second-order valence-corrected chi connectivity index (χ2v) is 6.93. The molecular formula is C21H24N2O3. The molecule has 1 N–H and O–H groups in total. The Kier molecular flexibility index (Phi) is 5.16. The van der Waals surface area contributed by atoms with E-state index < -0.39 is 0 Å². The van der Waals surface area contributed by atoms with Gasteiger partial charge in [-0.25, -0.2) is 4.98 Å². The largest absolute Gasteiger partial charge is 0.474 e. The number of amides is 1. The average molecular weight is 352 g/mol. The molecule has 0 unspecified atom stereocenters. The Morgan fingerprint density at radius 2 is 2.00 bits per heavy atom. The number of rotatable bonds is 4. The van der Waals surface area contributed by atoms with E-state index in [-0.39, 0.29) is 18.1 Å². The van der Waals surface area contributed by atoms with Crippen molar-refractivity contribution in [3.63, 3.8) is 0 Å². The molecule has 2 aliphatic rings. The summed E-state index contributed by atoms with van der Waals surface area (Å²) in [5.41, 5.74) is 3.16. The second-order valence-electron chi connectivity index (χ2n) is 6.93. The number of nitrogens with zero attached hydrogens (tertiary/aromatic N) is 1. The number of carbonyl (C=O) groups excluding carboxylic acids is 1. The minimum absolute atomic E-state index is 0.0699. The third-order valence-electron chi connectivity index (χ3n) is 5.13. The van der Waals surface area contributed by atoms with Gasteiger partial charge in [-0.1, -0.05) is 24.3 Å². The van der Waals surface area contributed by atoms with Crippen LogP contribution in [0.5, 0.6) is 5.88 Å². The van der Waals surface area contributed by atoms with Gasteiger partial charge in [0.15, 0.2) is 0 Å². The third-order valence-corrected chi connectivity index (χ3v) is 5.13. The van der Waals surface area contributed by atoms with E-state index in [0.717, 1.165) is 32.1 Å². The van der Waals surface area contributed by atoms with Crippen LogP contribution in [0.2, 0.25) is 0 Å². The topological polar surface area (TPSA) is 60.5 Å². The number of nitrogens with one attached hydrogen (secondary N) is 1. The number of hydrogen-bond donors (Lipinski definition) is 1. The number of hydrogen-bond acceptors (Lipinski definition) is 4. The number of benzene rings is 1. The van der Waals surface area contributed by atoms with Crippen LogP contribution in [0, 0.1) is 0 Å². The summed E-state index contributed by atoms with van der Waals surface area (Å²) in [7, 11) is 0. The highest BCUT2D eigenvalue weighted by atomic mass is 16.5. The lowest BCUT2D eigenvalue weighted by Crippen LogP contribution is -2.31. The smallest absolute Gasteiger partial charge is 0.252 e. The maximum atomic E-state index is 12.8. The van der Waals surface area contributed by atoms with Gasteiger partial charge in [-0.05, 0) is 36.5 Å². The molecule has 26 heavy (non-hydrogen) atoms. The molecule has 1 fully saturated rings. The van der Waals surface area contributed by atoms with Crippen molar-refractivity contribution in [1.29, 1.82) is 0 Å². The summed E-state index contributed by atoms with van der Waals surface area (Å²) in [5.74, 6) is 0.430. The lowest BCUT2D eigenvalue weighted by Gasteiger charge is -2.26. The van der Waals surface area contributed by atoms with Crippen LogP contribution in [0.3, 0.4) is 0 Å². The predicted octanol–water partition coefficient (Wildman–Crippen LogP) is 3.45. The van der Waals surface area contributed by atoms with Crippen molar-refractivity contribution in [3.8, 4) is 5.88 Å². The van der Waals surface area contributed by atoms with Crippen LogP contribution < -0.4 is 10.1 Å². The Morgan fingerprint density at radius 1 is 1.15 bits per heavy atom. The molecule has 0 spiro atoms. The molecule has 0 saturated carbocycles. The molecule has 5 nitrogen and oxygen atoms in total. The van der Waals surface area contributed by atoms with Crippen molar-refractivity contribution < 1.29 is 14.3 Å². The maximum absolute atomic E-state index is 12.8. The van der Waals surface area contributed by atoms with Gasteiger partial charge >= 0.3 is 0 Å². The summed E-state index contributed by atoms with van der Waals surface area (Å²) in [6, 6.07) is 11.9. The van der Waals surface area contributed by atoms with Gasteiger partial charge in [0.05, 0.1) is 19.3 Å². The first-order valence-corrected chi connectivity index (χ1v) is 9.39. The molecule has 2 heterocycles. The summed E-state index contributed by atoms with van der Waals surface area (Å²) in [5, 5.41) is 3.18. The van der Waals surface area contributed by atoms with Crippen molar-refractivity contribution >= 4 is 5.91 Å². The van der Waals surface area contributed by atoms with Gasteiger partial charge in [0, 0.05) is 30.7 Å². The first-order chi connectivity index (χ1) is 12.8. The normalized spacial score (nSPS) is 20.2. The van der Waals surface area contributed by atoms with Crippen LogP contribution in [-0.4, -0.2) is 30.2 Å². The molecular weight excluding hydrogens is 328 g/mol. The molecule has 0 radical (unpaired) electrons. The zero-order valence-electron chi connectivity index (χ0n) is 14.8. The molecule has 1 aliphatic heterocycles. The Balaban J connectivity index is 1.44. The van der Waals surface area contributed by atoms with Crippen molar-refractivity contribution in [2.24, 2.45) is 0 Å².